The maximum Gasteiger partial charge on any atom is 0.161 e. The van der Waals surface area contributed by atoms with Crippen LogP contribution in [-0.2, 0) is 32.7 Å². The van der Waals surface area contributed by atoms with Crippen LogP contribution in [-0.4, -0.2) is 35.3 Å². The van der Waals surface area contributed by atoms with E-state index in [4.69, 9.17) is 14.2 Å². The third kappa shape index (κ3) is 3.74. The second-order valence-corrected chi connectivity index (χ2v) is 9.29. The third-order valence-electron chi connectivity index (χ3n) is 7.52. The van der Waals surface area contributed by atoms with Crippen molar-refractivity contribution in [2.75, 3.05) is 20.8 Å². The highest BCUT2D eigenvalue weighted by Crippen LogP contribution is 2.45. The maximum absolute atomic E-state index is 10.2. The molecule has 6 heteroatoms. The van der Waals surface area contributed by atoms with Gasteiger partial charge in [0.25, 0.3) is 0 Å². The van der Waals surface area contributed by atoms with Crippen LogP contribution in [0.2, 0.25) is 0 Å². The van der Waals surface area contributed by atoms with Gasteiger partial charge in [-0.3, -0.25) is 4.90 Å². The van der Waals surface area contributed by atoms with E-state index in [1.54, 1.807) is 14.2 Å². The van der Waals surface area contributed by atoms with Gasteiger partial charge >= 0.3 is 0 Å². The van der Waals surface area contributed by atoms with Gasteiger partial charge in [-0.1, -0.05) is 30.3 Å². The van der Waals surface area contributed by atoms with Crippen molar-refractivity contribution in [3.8, 4) is 17.2 Å². The van der Waals surface area contributed by atoms with Crippen molar-refractivity contribution in [1.29, 1.82) is 0 Å². The molecular weight excluding hydrogens is 440 g/mol. The molecule has 0 fully saturated rings. The minimum Gasteiger partial charge on any atom is -0.497 e. The lowest BCUT2D eigenvalue weighted by atomic mass is 9.85. The molecule has 0 amide bonds. The topological polar surface area (TPSA) is 56.1 Å². The lowest BCUT2D eigenvalue weighted by Crippen LogP contribution is -2.39. The van der Waals surface area contributed by atoms with Crippen molar-refractivity contribution >= 4 is 10.9 Å². The Hall–Kier alpha value is -3.48. The summed E-state index contributed by atoms with van der Waals surface area (Å²) in [7, 11) is 3.40. The number of fused-ring (bicyclic) bond motifs is 6. The molecule has 2 aliphatic heterocycles. The van der Waals surface area contributed by atoms with Crippen LogP contribution in [0.1, 0.15) is 34.0 Å². The fourth-order valence-corrected chi connectivity index (χ4v) is 5.74. The second-order valence-electron chi connectivity index (χ2n) is 9.29. The van der Waals surface area contributed by atoms with Crippen LogP contribution >= 0.6 is 0 Å². The van der Waals surface area contributed by atoms with Crippen molar-refractivity contribution < 1.29 is 19.3 Å². The summed E-state index contributed by atoms with van der Waals surface area (Å²) in [5.74, 6) is 2.40. The van der Waals surface area contributed by atoms with E-state index in [1.165, 1.54) is 22.4 Å². The highest BCUT2D eigenvalue weighted by atomic mass is 16.5. The zero-order valence-corrected chi connectivity index (χ0v) is 20.2. The average molecular weight is 471 g/mol. The second kappa shape index (κ2) is 8.95. The monoisotopic (exact) mass is 470 g/mol. The molecule has 0 radical (unpaired) electrons. The van der Waals surface area contributed by atoms with Crippen LogP contribution in [0.15, 0.2) is 60.7 Å². The van der Waals surface area contributed by atoms with Crippen molar-refractivity contribution in [2.45, 2.75) is 38.8 Å². The molecule has 1 atom stereocenters. The quantitative estimate of drug-likeness (QED) is 0.437. The largest absolute Gasteiger partial charge is 0.497 e. The zero-order chi connectivity index (χ0) is 23.9. The molecule has 0 bridgehead atoms. The van der Waals surface area contributed by atoms with E-state index < -0.39 is 0 Å². The molecule has 180 valence electrons. The third-order valence-corrected chi connectivity index (χ3v) is 7.52. The van der Waals surface area contributed by atoms with Crippen molar-refractivity contribution in [2.24, 2.45) is 0 Å². The van der Waals surface area contributed by atoms with Crippen LogP contribution in [0.25, 0.3) is 10.9 Å². The fraction of sp³-hybridized carbons (Fsp3) is 0.310. The number of rotatable bonds is 6. The fourth-order valence-electron chi connectivity index (χ4n) is 5.74. The lowest BCUT2D eigenvalue weighted by Gasteiger charge is -2.41. The molecule has 0 saturated heterocycles. The SMILES string of the molecule is COc1ccc2c(c1)c1c(n2CO)CN2CCc3cc(OCc4ccccc4)c(OC)cc3[C@@H]2C1. The van der Waals surface area contributed by atoms with Gasteiger partial charge in [0.05, 0.1) is 19.7 Å². The smallest absolute Gasteiger partial charge is 0.161 e. The van der Waals surface area contributed by atoms with E-state index in [2.05, 4.69) is 41.3 Å². The van der Waals surface area contributed by atoms with Gasteiger partial charge < -0.3 is 23.9 Å². The summed E-state index contributed by atoms with van der Waals surface area (Å²) in [6.07, 6.45) is 1.84. The van der Waals surface area contributed by atoms with Gasteiger partial charge in [0.1, 0.15) is 19.1 Å². The van der Waals surface area contributed by atoms with Gasteiger partial charge in [-0.15, -0.1) is 0 Å². The highest BCUT2D eigenvalue weighted by molar-refractivity contribution is 5.87. The van der Waals surface area contributed by atoms with Crippen LogP contribution in [0.3, 0.4) is 0 Å². The molecule has 6 nitrogen and oxygen atoms in total. The first kappa shape index (κ1) is 22.0. The van der Waals surface area contributed by atoms with Gasteiger partial charge in [0.15, 0.2) is 11.5 Å². The number of methoxy groups -OCH3 is 2. The van der Waals surface area contributed by atoms with Crippen LogP contribution in [0, 0.1) is 0 Å². The molecule has 0 unspecified atom stereocenters. The van der Waals surface area contributed by atoms with E-state index in [0.717, 1.165) is 59.6 Å². The number of aliphatic hydroxyl groups excluding tert-OH is 1. The highest BCUT2D eigenvalue weighted by Gasteiger charge is 2.36. The number of aromatic nitrogens is 1. The summed E-state index contributed by atoms with van der Waals surface area (Å²) in [5.41, 5.74) is 7.31. The summed E-state index contributed by atoms with van der Waals surface area (Å²) in [6.45, 7) is 2.27. The Morgan fingerprint density at radius 1 is 0.971 bits per heavy atom. The number of hydrogen-bond acceptors (Lipinski definition) is 5. The number of nitrogens with zero attached hydrogens (tertiary/aromatic N) is 2. The van der Waals surface area contributed by atoms with Crippen molar-refractivity contribution in [3.63, 3.8) is 0 Å². The first-order valence-electron chi connectivity index (χ1n) is 12.1. The molecule has 3 heterocycles. The van der Waals surface area contributed by atoms with Gasteiger partial charge in [-0.25, -0.2) is 0 Å². The number of aliphatic hydroxyl groups is 1. The minimum absolute atomic E-state index is 0.0246. The van der Waals surface area contributed by atoms with Gasteiger partial charge in [0, 0.05) is 30.2 Å². The summed E-state index contributed by atoms with van der Waals surface area (Å²) < 4.78 is 19.5. The van der Waals surface area contributed by atoms with Gasteiger partial charge in [-0.2, -0.15) is 0 Å². The summed E-state index contributed by atoms with van der Waals surface area (Å²) in [4.78, 5) is 2.52. The Labute approximate surface area is 205 Å². The Morgan fingerprint density at radius 2 is 1.83 bits per heavy atom. The molecule has 6 rings (SSSR count). The van der Waals surface area contributed by atoms with E-state index in [-0.39, 0.29) is 12.8 Å². The zero-order valence-electron chi connectivity index (χ0n) is 20.2. The Morgan fingerprint density at radius 3 is 2.60 bits per heavy atom. The van der Waals surface area contributed by atoms with E-state index >= 15 is 0 Å². The van der Waals surface area contributed by atoms with Gasteiger partial charge in [0.2, 0.25) is 0 Å². The normalized spacial score (nSPS) is 16.9. The van der Waals surface area contributed by atoms with Crippen LogP contribution < -0.4 is 14.2 Å². The van der Waals surface area contributed by atoms with E-state index in [0.29, 0.717) is 6.61 Å². The first-order valence-corrected chi connectivity index (χ1v) is 12.1. The molecule has 0 aliphatic carbocycles. The molecule has 3 aromatic carbocycles. The summed E-state index contributed by atoms with van der Waals surface area (Å²) in [6, 6.07) is 20.9. The lowest BCUT2D eigenvalue weighted by molar-refractivity contribution is 0.145. The Bertz CT molecular complexity index is 1380. The van der Waals surface area contributed by atoms with Crippen LogP contribution in [0.4, 0.5) is 0 Å². The Kier molecular flexibility index (Phi) is 5.63. The molecular formula is C29H30N2O4. The standard InChI is InChI=1S/C29H30N2O4/c1-33-21-8-9-25-23(13-21)24-14-26-22-15-28(34-2)29(35-17-19-6-4-3-5-7-19)12-20(22)10-11-30(26)16-27(24)31(25)18-32/h3-9,12-13,15,26,32H,10-11,14,16-18H2,1-2H3/t26-/m0/s1. The van der Waals surface area contributed by atoms with E-state index in [1.807, 2.05) is 28.8 Å². The molecule has 1 N–H and O–H groups in total. The van der Waals surface area contributed by atoms with Gasteiger partial charge in [-0.05, 0) is 65.4 Å². The molecule has 0 spiro atoms. The first-order chi connectivity index (χ1) is 17.2. The van der Waals surface area contributed by atoms with E-state index in [9.17, 15) is 5.11 Å². The number of ether oxygens (including phenoxy) is 3. The molecule has 2 aliphatic rings. The predicted octanol–water partition coefficient (Wildman–Crippen LogP) is 4.84. The molecule has 1 aromatic heterocycles. The maximum atomic E-state index is 10.2. The summed E-state index contributed by atoms with van der Waals surface area (Å²) in [5, 5.41) is 11.3. The Balaban J connectivity index is 1.36. The number of hydrogen-bond donors (Lipinski definition) is 1. The number of benzene rings is 3. The molecule has 0 saturated carbocycles. The van der Waals surface area contributed by atoms with Crippen molar-refractivity contribution in [3.05, 3.63) is 88.6 Å². The van der Waals surface area contributed by atoms with Crippen molar-refractivity contribution in [1.82, 2.24) is 9.47 Å². The predicted molar refractivity (Wildman–Crippen MR) is 135 cm³/mol. The minimum atomic E-state index is -0.0246. The average Bonchev–Trinajstić information content (AvgIpc) is 3.22. The summed E-state index contributed by atoms with van der Waals surface area (Å²) >= 11 is 0. The molecule has 35 heavy (non-hydrogen) atoms. The van der Waals surface area contributed by atoms with Crippen LogP contribution in [0.5, 0.6) is 17.2 Å². The molecule has 4 aromatic rings.